The van der Waals surface area contributed by atoms with Gasteiger partial charge in [0.25, 0.3) is 5.79 Å². The van der Waals surface area contributed by atoms with E-state index in [-0.39, 0.29) is 0 Å². The summed E-state index contributed by atoms with van der Waals surface area (Å²) in [5, 5.41) is 12.6. The Kier molecular flexibility index (Phi) is 3.00. The number of rotatable bonds is 1. The second kappa shape index (κ2) is 5.14. The number of fused-ring (bicyclic) bond motifs is 2. The molecule has 3 aromatic rings. The second-order valence-electron chi connectivity index (χ2n) is 6.54. The van der Waals surface area contributed by atoms with E-state index in [1.165, 1.54) is 0 Å². The molecule has 1 atom stereocenters. The molecule has 25 heavy (non-hydrogen) atoms. The largest absolute Gasteiger partial charge is 0.496 e. The first kappa shape index (κ1) is 14.6. The first-order chi connectivity index (χ1) is 12.2. The normalized spacial score (nSPS) is 19.8. The summed E-state index contributed by atoms with van der Waals surface area (Å²) in [6, 6.07) is 17.7. The zero-order valence-electron chi connectivity index (χ0n) is 13.9. The fourth-order valence-electron chi connectivity index (χ4n) is 4.04. The molecular weight excluding hydrogens is 316 g/mol. The van der Waals surface area contributed by atoms with Gasteiger partial charge in [0.05, 0.1) is 18.6 Å². The fraction of sp³-hybridized carbons (Fsp3) is 0.238. The van der Waals surface area contributed by atoms with Crippen molar-refractivity contribution < 1.29 is 19.3 Å². The Bertz CT molecular complexity index is 938. The van der Waals surface area contributed by atoms with Gasteiger partial charge in [-0.1, -0.05) is 36.4 Å². The maximum Gasteiger partial charge on any atom is 0.278 e. The lowest BCUT2D eigenvalue weighted by Gasteiger charge is -2.43. The van der Waals surface area contributed by atoms with Crippen LogP contribution in [0.2, 0.25) is 0 Å². The minimum atomic E-state index is -0.939. The summed E-state index contributed by atoms with van der Waals surface area (Å²) in [7, 11) is 1.61. The number of benzene rings is 3. The van der Waals surface area contributed by atoms with Gasteiger partial charge >= 0.3 is 0 Å². The number of aliphatic hydroxyl groups is 1. The molecule has 4 nitrogen and oxygen atoms in total. The van der Waals surface area contributed by atoms with Gasteiger partial charge < -0.3 is 19.3 Å². The lowest BCUT2D eigenvalue weighted by Crippen LogP contribution is -2.45. The smallest absolute Gasteiger partial charge is 0.278 e. The van der Waals surface area contributed by atoms with Gasteiger partial charge in [0, 0.05) is 17.5 Å². The van der Waals surface area contributed by atoms with Crippen LogP contribution in [-0.4, -0.2) is 12.2 Å². The Morgan fingerprint density at radius 1 is 1.00 bits per heavy atom. The van der Waals surface area contributed by atoms with Gasteiger partial charge in [-0.3, -0.25) is 0 Å². The molecule has 2 aliphatic rings. The number of ether oxygens (including phenoxy) is 3. The topological polar surface area (TPSA) is 47.9 Å². The Balaban J connectivity index is 1.74. The van der Waals surface area contributed by atoms with E-state index in [4.69, 9.17) is 14.2 Å². The Morgan fingerprint density at radius 2 is 1.68 bits per heavy atom. The minimum absolute atomic E-state index is 0.547. The molecule has 4 heteroatoms. The molecule has 0 bridgehead atoms. The molecule has 0 saturated carbocycles. The highest BCUT2D eigenvalue weighted by Gasteiger charge is 2.47. The van der Waals surface area contributed by atoms with E-state index in [1.807, 2.05) is 42.5 Å². The molecule has 1 N–H and O–H groups in total. The van der Waals surface area contributed by atoms with E-state index in [1.54, 1.807) is 7.11 Å². The summed E-state index contributed by atoms with van der Waals surface area (Å²) in [6.07, 6.45) is 0.529. The van der Waals surface area contributed by atoms with Crippen LogP contribution in [0.3, 0.4) is 0 Å². The summed E-state index contributed by atoms with van der Waals surface area (Å²) < 4.78 is 18.3. The summed E-state index contributed by atoms with van der Waals surface area (Å²) >= 11 is 0. The van der Waals surface area contributed by atoms with Gasteiger partial charge in [0.1, 0.15) is 17.2 Å². The van der Waals surface area contributed by atoms with E-state index in [9.17, 15) is 5.11 Å². The molecule has 0 saturated heterocycles. The molecule has 0 aromatic heterocycles. The fourth-order valence-corrected chi connectivity index (χ4v) is 4.04. The summed E-state index contributed by atoms with van der Waals surface area (Å²) in [6.45, 7) is 0. The monoisotopic (exact) mass is 334 g/mol. The zero-order chi connectivity index (χ0) is 17.0. The van der Waals surface area contributed by atoms with Gasteiger partial charge in [-0.15, -0.1) is 0 Å². The van der Waals surface area contributed by atoms with Gasteiger partial charge in [-0.25, -0.2) is 0 Å². The van der Waals surface area contributed by atoms with E-state index in [0.29, 0.717) is 18.6 Å². The third-order valence-corrected chi connectivity index (χ3v) is 5.15. The average Bonchev–Trinajstić information content (AvgIpc) is 2.65. The molecule has 1 unspecified atom stereocenters. The van der Waals surface area contributed by atoms with Crippen LogP contribution < -0.4 is 14.2 Å². The van der Waals surface area contributed by atoms with Crippen LogP contribution in [-0.2, 0) is 5.79 Å². The van der Waals surface area contributed by atoms with Gasteiger partial charge in [0.15, 0.2) is 0 Å². The first-order valence-corrected chi connectivity index (χ1v) is 8.47. The van der Waals surface area contributed by atoms with Crippen LogP contribution in [0, 0.1) is 0 Å². The third-order valence-electron chi connectivity index (χ3n) is 5.15. The van der Waals surface area contributed by atoms with Crippen LogP contribution in [0.25, 0.3) is 10.8 Å². The Morgan fingerprint density at radius 3 is 2.36 bits per heavy atom. The van der Waals surface area contributed by atoms with Crippen LogP contribution in [0.5, 0.6) is 17.2 Å². The molecular formula is C21H18O4. The van der Waals surface area contributed by atoms with Crippen molar-refractivity contribution in [1.29, 1.82) is 0 Å². The maximum absolute atomic E-state index is 10.5. The first-order valence-electron chi connectivity index (χ1n) is 8.47. The predicted octanol–water partition coefficient (Wildman–Crippen LogP) is 4.30. The summed E-state index contributed by atoms with van der Waals surface area (Å²) in [5.41, 5.74) is 1.58. The molecule has 5 rings (SSSR count). The second-order valence-corrected chi connectivity index (χ2v) is 6.54. The molecule has 3 aromatic carbocycles. The number of hydrogen-bond donors (Lipinski definition) is 1. The lowest BCUT2D eigenvalue weighted by molar-refractivity contribution is -0.147. The van der Waals surface area contributed by atoms with Crippen molar-refractivity contribution in [2.24, 2.45) is 0 Å². The zero-order valence-corrected chi connectivity index (χ0v) is 13.9. The molecule has 0 amide bonds. The van der Waals surface area contributed by atoms with Gasteiger partial charge in [-0.05, 0) is 30.0 Å². The van der Waals surface area contributed by atoms with E-state index in [2.05, 4.69) is 12.1 Å². The molecule has 1 heterocycles. The van der Waals surface area contributed by atoms with E-state index in [0.717, 1.165) is 33.4 Å². The van der Waals surface area contributed by atoms with E-state index < -0.39 is 11.9 Å². The highest BCUT2D eigenvalue weighted by atomic mass is 16.7. The molecule has 1 aliphatic carbocycles. The Labute approximate surface area is 145 Å². The lowest BCUT2D eigenvalue weighted by atomic mass is 9.83. The van der Waals surface area contributed by atoms with Crippen molar-refractivity contribution in [2.45, 2.75) is 24.7 Å². The van der Waals surface area contributed by atoms with Crippen LogP contribution >= 0.6 is 0 Å². The summed E-state index contributed by atoms with van der Waals surface area (Å²) in [4.78, 5) is 0. The molecule has 0 fully saturated rings. The highest BCUT2D eigenvalue weighted by molar-refractivity contribution is 5.94. The van der Waals surface area contributed by atoms with Crippen molar-refractivity contribution in [3.8, 4) is 17.2 Å². The summed E-state index contributed by atoms with van der Waals surface area (Å²) in [5.74, 6) is 1.34. The van der Waals surface area contributed by atoms with Crippen molar-refractivity contribution in [3.05, 3.63) is 65.7 Å². The third kappa shape index (κ3) is 1.98. The number of aliphatic hydroxyl groups excluding tert-OH is 1. The van der Waals surface area contributed by atoms with Crippen molar-refractivity contribution in [3.63, 3.8) is 0 Å². The molecule has 1 aliphatic heterocycles. The van der Waals surface area contributed by atoms with Crippen LogP contribution in [0.4, 0.5) is 0 Å². The SMILES string of the molecule is COc1cccc2c1C(O)CCC21Oc2cccc3cccc(c23)O1. The molecule has 126 valence electrons. The van der Waals surface area contributed by atoms with Gasteiger partial charge in [-0.2, -0.15) is 0 Å². The van der Waals surface area contributed by atoms with Crippen molar-refractivity contribution in [2.75, 3.05) is 7.11 Å². The number of methoxy groups -OCH3 is 1. The van der Waals surface area contributed by atoms with Crippen molar-refractivity contribution in [1.82, 2.24) is 0 Å². The van der Waals surface area contributed by atoms with Crippen LogP contribution in [0.15, 0.2) is 54.6 Å². The predicted molar refractivity (Wildman–Crippen MR) is 94.1 cm³/mol. The van der Waals surface area contributed by atoms with Gasteiger partial charge in [0.2, 0.25) is 0 Å². The molecule has 0 radical (unpaired) electrons. The standard InChI is InChI=1S/C21H18O4/c1-23-16-8-4-7-14-20(16)15(22)11-12-21(14)24-17-9-2-5-13-6-3-10-18(25-21)19(13)17/h2-10,15,22H,11-12H2,1H3. The van der Waals surface area contributed by atoms with Crippen molar-refractivity contribution >= 4 is 10.8 Å². The average molecular weight is 334 g/mol. The minimum Gasteiger partial charge on any atom is -0.496 e. The maximum atomic E-state index is 10.5. The number of hydrogen-bond acceptors (Lipinski definition) is 4. The van der Waals surface area contributed by atoms with E-state index >= 15 is 0 Å². The quantitative estimate of drug-likeness (QED) is 0.721. The Hall–Kier alpha value is -2.72. The van der Waals surface area contributed by atoms with Crippen LogP contribution in [0.1, 0.15) is 30.1 Å². The molecule has 1 spiro atoms. The highest BCUT2D eigenvalue weighted by Crippen LogP contribution is 2.52.